The molecule has 0 spiro atoms. The summed E-state index contributed by atoms with van der Waals surface area (Å²) in [6, 6.07) is 9.88. The van der Waals surface area contributed by atoms with Crippen molar-refractivity contribution in [3.8, 4) is 11.4 Å². The summed E-state index contributed by atoms with van der Waals surface area (Å²) < 4.78 is 45.8. The number of pyridine rings is 1. The zero-order valence-corrected chi connectivity index (χ0v) is 24.1. The third-order valence-corrected chi connectivity index (χ3v) is 6.82. The van der Waals surface area contributed by atoms with Crippen LogP contribution < -0.4 is 16.2 Å². The molecule has 1 amide bonds. The van der Waals surface area contributed by atoms with Crippen molar-refractivity contribution in [2.45, 2.75) is 51.9 Å². The molecule has 0 saturated heterocycles. The van der Waals surface area contributed by atoms with Crippen LogP contribution >= 0.6 is 0 Å². The number of nitrogens with one attached hydrogen (secondary N) is 2. The minimum absolute atomic E-state index is 0.0500. The number of aromatic nitrogens is 5. The van der Waals surface area contributed by atoms with Gasteiger partial charge in [-0.3, -0.25) is 23.9 Å². The van der Waals surface area contributed by atoms with Crippen LogP contribution in [0.15, 0.2) is 64.1 Å². The lowest BCUT2D eigenvalue weighted by atomic mass is 9.88. The molecule has 11 nitrogen and oxygen atoms in total. The van der Waals surface area contributed by atoms with Gasteiger partial charge in [-0.2, -0.15) is 13.2 Å². The molecule has 0 aliphatic rings. The van der Waals surface area contributed by atoms with E-state index in [0.717, 1.165) is 6.07 Å². The smallest absolute Gasteiger partial charge is 0.417 e. The minimum Gasteiger partial charge on any atom is -0.417 e. The fourth-order valence-electron chi connectivity index (χ4n) is 4.27. The van der Waals surface area contributed by atoms with Crippen molar-refractivity contribution in [2.24, 2.45) is 5.92 Å². The fourth-order valence-corrected chi connectivity index (χ4v) is 4.27. The summed E-state index contributed by atoms with van der Waals surface area (Å²) in [5, 5.41) is 13.2. The van der Waals surface area contributed by atoms with Crippen molar-refractivity contribution in [3.05, 3.63) is 88.3 Å². The second kappa shape index (κ2) is 12.2. The highest BCUT2D eigenvalue weighted by molar-refractivity contribution is 5.98. The van der Waals surface area contributed by atoms with Crippen molar-refractivity contribution in [2.75, 3.05) is 12.4 Å². The zero-order valence-electron chi connectivity index (χ0n) is 24.1. The number of halogens is 3. The van der Waals surface area contributed by atoms with Crippen LogP contribution in [0.1, 0.15) is 55.5 Å². The molecular weight excluding hydrogens is 567 g/mol. The number of carbonyl (C=O) groups is 2. The molecule has 3 heterocycles. The number of hydrogen-bond donors (Lipinski definition) is 2. The fraction of sp³-hybridized carbons (Fsp3) is 0.345. The number of rotatable bonds is 10. The van der Waals surface area contributed by atoms with E-state index in [9.17, 15) is 27.6 Å². The lowest BCUT2D eigenvalue weighted by Crippen LogP contribution is -2.46. The Morgan fingerprint density at radius 1 is 1.00 bits per heavy atom. The average molecular weight is 598 g/mol. The number of amides is 1. The highest BCUT2D eigenvalue weighted by Gasteiger charge is 2.36. The van der Waals surface area contributed by atoms with Crippen LogP contribution in [0.5, 0.6) is 0 Å². The van der Waals surface area contributed by atoms with E-state index in [-0.39, 0.29) is 23.1 Å². The zero-order chi connectivity index (χ0) is 31.5. The standard InChI is InChI=1S/C29H30F3N7O4/c1-16(2)22(36-21(40)15-39-24(17-9-7-6-8-10-17)35-14-19(33-5)26(39)42)23(41)25-37-38-27(43-25)28(3,4)20-12-11-18(13-34-20)29(30,31)32/h6-14,16,22,33H,15H2,1-5H3,(H,36,40). The highest BCUT2D eigenvalue weighted by Crippen LogP contribution is 2.33. The molecule has 1 atom stereocenters. The Kier molecular flexibility index (Phi) is 8.78. The van der Waals surface area contributed by atoms with E-state index in [1.54, 1.807) is 59.0 Å². The highest BCUT2D eigenvalue weighted by atomic mass is 19.4. The van der Waals surface area contributed by atoms with E-state index in [2.05, 4.69) is 30.8 Å². The molecule has 4 aromatic rings. The summed E-state index contributed by atoms with van der Waals surface area (Å²) in [7, 11) is 1.56. The van der Waals surface area contributed by atoms with Crippen LogP contribution in [0.2, 0.25) is 0 Å². The molecule has 0 aliphatic heterocycles. The summed E-state index contributed by atoms with van der Waals surface area (Å²) in [5.41, 5.74) is -1.49. The second-order valence-electron chi connectivity index (χ2n) is 10.6. The van der Waals surface area contributed by atoms with E-state index in [0.29, 0.717) is 11.8 Å². The molecule has 0 aliphatic carbocycles. The number of alkyl halides is 3. The number of ketones is 1. The predicted octanol–water partition coefficient (Wildman–Crippen LogP) is 4.10. The lowest BCUT2D eigenvalue weighted by Gasteiger charge is -2.21. The van der Waals surface area contributed by atoms with Crippen molar-refractivity contribution in [1.82, 2.24) is 30.0 Å². The van der Waals surface area contributed by atoms with Crippen LogP contribution in [0.25, 0.3) is 11.4 Å². The largest absolute Gasteiger partial charge is 0.417 e. The van der Waals surface area contributed by atoms with Gasteiger partial charge in [0.1, 0.15) is 18.1 Å². The van der Waals surface area contributed by atoms with Crippen LogP contribution in [-0.4, -0.2) is 49.5 Å². The maximum Gasteiger partial charge on any atom is 0.417 e. The Morgan fingerprint density at radius 2 is 1.70 bits per heavy atom. The Labute approximate surface area is 244 Å². The summed E-state index contributed by atoms with van der Waals surface area (Å²) in [6.07, 6.45) is -2.45. The quantitative estimate of drug-likeness (QED) is 0.258. The topological polar surface area (TPSA) is 145 Å². The van der Waals surface area contributed by atoms with E-state index in [4.69, 9.17) is 4.42 Å². The molecular formula is C29H30F3N7O4. The Balaban J connectivity index is 1.56. The van der Waals surface area contributed by atoms with Crippen molar-refractivity contribution < 1.29 is 27.2 Å². The van der Waals surface area contributed by atoms with Gasteiger partial charge in [-0.25, -0.2) is 4.98 Å². The molecule has 14 heteroatoms. The van der Waals surface area contributed by atoms with Gasteiger partial charge >= 0.3 is 6.18 Å². The van der Waals surface area contributed by atoms with Gasteiger partial charge in [-0.05, 0) is 31.9 Å². The van der Waals surface area contributed by atoms with Crippen LogP contribution in [0.4, 0.5) is 18.9 Å². The Bertz CT molecular complexity index is 1660. The first-order chi connectivity index (χ1) is 20.2. The molecule has 0 fully saturated rings. The average Bonchev–Trinajstić information content (AvgIpc) is 3.48. The first-order valence-electron chi connectivity index (χ1n) is 13.3. The number of carbonyl (C=O) groups excluding carboxylic acids is 2. The number of anilines is 1. The summed E-state index contributed by atoms with van der Waals surface area (Å²) in [6.45, 7) is 6.22. The predicted molar refractivity (Wildman–Crippen MR) is 150 cm³/mol. The molecule has 1 unspecified atom stereocenters. The Hall–Kier alpha value is -4.88. The number of benzene rings is 1. The Morgan fingerprint density at radius 3 is 2.28 bits per heavy atom. The number of hydrogen-bond acceptors (Lipinski definition) is 9. The van der Waals surface area contributed by atoms with E-state index in [1.165, 1.54) is 16.8 Å². The van der Waals surface area contributed by atoms with Crippen LogP contribution in [0, 0.1) is 5.92 Å². The molecule has 1 aromatic carbocycles. The first kappa shape index (κ1) is 31.1. The lowest BCUT2D eigenvalue weighted by molar-refractivity contribution is -0.137. The van der Waals surface area contributed by atoms with Crippen molar-refractivity contribution in [3.63, 3.8) is 0 Å². The molecule has 3 aromatic heterocycles. The maximum atomic E-state index is 13.4. The van der Waals surface area contributed by atoms with E-state index >= 15 is 0 Å². The SMILES string of the molecule is CNc1cnc(-c2ccccc2)n(CC(=O)NC(C(=O)c2nnc(C(C)(C)c3ccc(C(F)(F)F)cn3)o2)C(C)C)c1=O. The second-order valence-corrected chi connectivity index (χ2v) is 10.6. The van der Waals surface area contributed by atoms with Crippen LogP contribution in [-0.2, 0) is 22.9 Å². The van der Waals surface area contributed by atoms with Crippen molar-refractivity contribution in [1.29, 1.82) is 0 Å². The van der Waals surface area contributed by atoms with Gasteiger partial charge in [0, 0.05) is 18.8 Å². The molecule has 43 heavy (non-hydrogen) atoms. The van der Waals surface area contributed by atoms with Gasteiger partial charge in [-0.1, -0.05) is 44.2 Å². The third-order valence-electron chi connectivity index (χ3n) is 6.82. The molecule has 2 N–H and O–H groups in total. The van der Waals surface area contributed by atoms with E-state index < -0.39 is 58.8 Å². The molecule has 4 rings (SSSR count). The van der Waals surface area contributed by atoms with Gasteiger partial charge in [0.15, 0.2) is 0 Å². The van der Waals surface area contributed by atoms with Gasteiger partial charge < -0.3 is 15.1 Å². The summed E-state index contributed by atoms with van der Waals surface area (Å²) >= 11 is 0. The summed E-state index contributed by atoms with van der Waals surface area (Å²) in [4.78, 5) is 48.0. The molecule has 0 bridgehead atoms. The molecule has 0 radical (unpaired) electrons. The number of Topliss-reactive ketones (excluding diaryl/α,β-unsaturated/α-hetero) is 1. The third kappa shape index (κ3) is 6.63. The van der Waals surface area contributed by atoms with Gasteiger partial charge in [0.2, 0.25) is 17.6 Å². The summed E-state index contributed by atoms with van der Waals surface area (Å²) in [5.74, 6) is -1.89. The molecule has 226 valence electrons. The first-order valence-corrected chi connectivity index (χ1v) is 13.3. The minimum atomic E-state index is -4.54. The molecule has 0 saturated carbocycles. The monoisotopic (exact) mass is 597 g/mol. The normalized spacial score (nSPS) is 12.7. The van der Waals surface area contributed by atoms with Crippen molar-refractivity contribution >= 4 is 17.4 Å². The van der Waals surface area contributed by atoms with E-state index in [1.807, 2.05) is 6.07 Å². The number of nitrogens with zero attached hydrogens (tertiary/aromatic N) is 5. The van der Waals surface area contributed by atoms with Crippen LogP contribution in [0.3, 0.4) is 0 Å². The maximum absolute atomic E-state index is 13.4. The van der Waals surface area contributed by atoms with Gasteiger partial charge in [-0.15, -0.1) is 10.2 Å². The van der Waals surface area contributed by atoms with Gasteiger partial charge in [0.25, 0.3) is 11.4 Å². The van der Waals surface area contributed by atoms with Gasteiger partial charge in [0.05, 0.1) is 28.9 Å².